The van der Waals surface area contributed by atoms with E-state index >= 15 is 0 Å². The number of pyridine rings is 1. The van der Waals surface area contributed by atoms with Crippen molar-refractivity contribution in [2.24, 2.45) is 5.92 Å². The second-order valence-corrected chi connectivity index (χ2v) is 5.83. The van der Waals surface area contributed by atoms with Gasteiger partial charge in [-0.15, -0.1) is 0 Å². The number of carbonyl (C=O) groups is 1. The van der Waals surface area contributed by atoms with Crippen LogP contribution in [0.2, 0.25) is 5.15 Å². The van der Waals surface area contributed by atoms with Gasteiger partial charge in [0.25, 0.3) is 5.91 Å². The van der Waals surface area contributed by atoms with E-state index in [-0.39, 0.29) is 17.9 Å². The van der Waals surface area contributed by atoms with Gasteiger partial charge in [0, 0.05) is 17.5 Å². The highest BCUT2D eigenvalue weighted by molar-refractivity contribution is 6.29. The van der Waals surface area contributed by atoms with E-state index in [1.54, 1.807) is 31.2 Å². The van der Waals surface area contributed by atoms with Gasteiger partial charge in [-0.25, -0.2) is 4.98 Å². The number of hydrogen-bond donors (Lipinski definition) is 2. The lowest BCUT2D eigenvalue weighted by molar-refractivity contribution is 0.0939. The summed E-state index contributed by atoms with van der Waals surface area (Å²) in [6, 6.07) is 8.87. The van der Waals surface area contributed by atoms with Gasteiger partial charge in [0.1, 0.15) is 5.15 Å². The molecule has 0 aliphatic rings. The summed E-state index contributed by atoms with van der Waals surface area (Å²) in [7, 11) is 0. The molecule has 112 valence electrons. The Morgan fingerprint density at radius 3 is 2.81 bits per heavy atom. The molecule has 5 heteroatoms. The number of nitrogens with zero attached hydrogens (tertiary/aromatic N) is 1. The summed E-state index contributed by atoms with van der Waals surface area (Å²) in [5.74, 6) is 0.110. The summed E-state index contributed by atoms with van der Waals surface area (Å²) in [6.07, 6.45) is 0.314. The number of benzene rings is 1. The minimum Gasteiger partial charge on any atom is -0.393 e. The molecule has 1 aromatic carbocycles. The van der Waals surface area contributed by atoms with Crippen LogP contribution >= 0.6 is 11.6 Å². The van der Waals surface area contributed by atoms with Gasteiger partial charge < -0.3 is 10.4 Å². The smallest absolute Gasteiger partial charge is 0.251 e. The Morgan fingerprint density at radius 1 is 1.33 bits per heavy atom. The van der Waals surface area contributed by atoms with E-state index in [0.717, 1.165) is 10.9 Å². The fraction of sp³-hybridized carbons (Fsp3) is 0.375. The van der Waals surface area contributed by atoms with Gasteiger partial charge in [0.05, 0.1) is 11.6 Å². The van der Waals surface area contributed by atoms with Crippen LogP contribution in [0.1, 0.15) is 30.6 Å². The Labute approximate surface area is 129 Å². The Bertz CT molecular complexity index is 643. The number of nitrogens with one attached hydrogen (secondary N) is 1. The lowest BCUT2D eigenvalue weighted by atomic mass is 10.0. The summed E-state index contributed by atoms with van der Waals surface area (Å²) < 4.78 is 0. The lowest BCUT2D eigenvalue weighted by Gasteiger charge is -2.14. The zero-order chi connectivity index (χ0) is 15.4. The van der Waals surface area contributed by atoms with E-state index in [9.17, 15) is 9.90 Å². The van der Waals surface area contributed by atoms with E-state index in [2.05, 4.69) is 10.3 Å². The zero-order valence-electron chi connectivity index (χ0n) is 12.1. The number of amides is 1. The normalized spacial score (nSPS) is 13.9. The molecule has 0 aliphatic heterocycles. The number of halogens is 1. The molecule has 2 aromatic rings. The van der Waals surface area contributed by atoms with E-state index in [4.69, 9.17) is 11.6 Å². The summed E-state index contributed by atoms with van der Waals surface area (Å²) in [5, 5.41) is 13.5. The van der Waals surface area contributed by atoms with Crippen LogP contribution in [0, 0.1) is 5.92 Å². The molecule has 1 heterocycles. The molecule has 0 fully saturated rings. The maximum Gasteiger partial charge on any atom is 0.251 e. The molecular weight excluding hydrogens is 288 g/mol. The highest BCUT2D eigenvalue weighted by Gasteiger charge is 2.10. The average Bonchev–Trinajstić information content (AvgIpc) is 2.43. The molecule has 0 radical (unpaired) electrons. The van der Waals surface area contributed by atoms with Crippen molar-refractivity contribution in [2.45, 2.75) is 26.4 Å². The molecule has 21 heavy (non-hydrogen) atoms. The van der Waals surface area contributed by atoms with Crippen LogP contribution in [0.5, 0.6) is 0 Å². The molecule has 0 saturated heterocycles. The molecule has 0 saturated carbocycles. The molecule has 0 bridgehead atoms. The van der Waals surface area contributed by atoms with Crippen molar-refractivity contribution in [3.63, 3.8) is 0 Å². The maximum absolute atomic E-state index is 12.1. The highest BCUT2D eigenvalue weighted by atomic mass is 35.5. The lowest BCUT2D eigenvalue weighted by Crippen LogP contribution is -2.29. The fourth-order valence-corrected chi connectivity index (χ4v) is 2.43. The minimum atomic E-state index is -0.353. The summed E-state index contributed by atoms with van der Waals surface area (Å²) >= 11 is 5.84. The molecule has 2 N–H and O–H groups in total. The summed E-state index contributed by atoms with van der Waals surface area (Å²) in [5.41, 5.74) is 1.36. The monoisotopic (exact) mass is 306 g/mol. The van der Waals surface area contributed by atoms with E-state index in [0.29, 0.717) is 23.7 Å². The van der Waals surface area contributed by atoms with Crippen LogP contribution in [-0.4, -0.2) is 28.6 Å². The number of aromatic nitrogens is 1. The molecule has 1 amide bonds. The molecule has 2 atom stereocenters. The molecule has 1 aromatic heterocycles. The predicted molar refractivity (Wildman–Crippen MR) is 84.5 cm³/mol. The van der Waals surface area contributed by atoms with Crippen molar-refractivity contribution < 1.29 is 9.90 Å². The Morgan fingerprint density at radius 2 is 2.10 bits per heavy atom. The van der Waals surface area contributed by atoms with Crippen molar-refractivity contribution in [3.8, 4) is 0 Å². The number of carbonyl (C=O) groups excluding carboxylic acids is 1. The van der Waals surface area contributed by atoms with Gasteiger partial charge in [0.2, 0.25) is 0 Å². The zero-order valence-corrected chi connectivity index (χ0v) is 12.9. The third-order valence-electron chi connectivity index (χ3n) is 3.27. The first-order chi connectivity index (χ1) is 9.95. The molecule has 0 aliphatic carbocycles. The van der Waals surface area contributed by atoms with E-state index in [1.807, 2.05) is 13.0 Å². The van der Waals surface area contributed by atoms with Crippen molar-refractivity contribution in [1.29, 1.82) is 0 Å². The first-order valence-corrected chi connectivity index (χ1v) is 7.36. The highest BCUT2D eigenvalue weighted by Crippen LogP contribution is 2.17. The van der Waals surface area contributed by atoms with Crippen molar-refractivity contribution in [2.75, 3.05) is 6.54 Å². The quantitative estimate of drug-likeness (QED) is 0.835. The van der Waals surface area contributed by atoms with E-state index in [1.165, 1.54) is 0 Å². The molecule has 2 rings (SSSR count). The number of aliphatic hydroxyl groups excluding tert-OH is 1. The van der Waals surface area contributed by atoms with Gasteiger partial charge in [-0.3, -0.25) is 4.79 Å². The van der Waals surface area contributed by atoms with Crippen molar-refractivity contribution in [1.82, 2.24) is 10.3 Å². The molecular formula is C16H19ClN2O2. The second kappa shape index (κ2) is 6.87. The minimum absolute atomic E-state index is 0.121. The summed E-state index contributed by atoms with van der Waals surface area (Å²) in [6.45, 7) is 4.29. The average molecular weight is 307 g/mol. The van der Waals surface area contributed by atoms with Gasteiger partial charge in [0.15, 0.2) is 0 Å². The third kappa shape index (κ3) is 4.41. The molecule has 0 spiro atoms. The van der Waals surface area contributed by atoms with Gasteiger partial charge in [-0.2, -0.15) is 0 Å². The van der Waals surface area contributed by atoms with Crippen LogP contribution < -0.4 is 5.32 Å². The summed E-state index contributed by atoms with van der Waals surface area (Å²) in [4.78, 5) is 16.3. The first-order valence-electron chi connectivity index (χ1n) is 6.98. The fourth-order valence-electron chi connectivity index (χ4n) is 2.28. The van der Waals surface area contributed by atoms with Crippen LogP contribution in [0.3, 0.4) is 0 Å². The number of aliphatic hydroxyl groups is 1. The van der Waals surface area contributed by atoms with Crippen LogP contribution in [0.25, 0.3) is 10.9 Å². The molecule has 0 unspecified atom stereocenters. The Hall–Kier alpha value is -1.65. The van der Waals surface area contributed by atoms with Crippen molar-refractivity contribution >= 4 is 28.4 Å². The standard InChI is InChI=1S/C16H19ClN2O2/c1-10(7-11(2)20)9-18-16(21)13-3-5-14-12(8-13)4-6-15(17)19-14/h3-6,8,10-11,20H,7,9H2,1-2H3,(H,18,21)/t10-,11+/m1/s1. The van der Waals surface area contributed by atoms with Gasteiger partial charge in [-0.05, 0) is 49.6 Å². The van der Waals surface area contributed by atoms with E-state index < -0.39 is 0 Å². The Kier molecular flexibility index (Phi) is 5.15. The van der Waals surface area contributed by atoms with Crippen LogP contribution in [-0.2, 0) is 0 Å². The SMILES string of the molecule is C[C@@H](CNC(=O)c1ccc2nc(Cl)ccc2c1)C[C@H](C)O. The maximum atomic E-state index is 12.1. The van der Waals surface area contributed by atoms with Gasteiger partial charge >= 0.3 is 0 Å². The topological polar surface area (TPSA) is 62.2 Å². The van der Waals surface area contributed by atoms with Gasteiger partial charge in [-0.1, -0.05) is 18.5 Å². The Balaban J connectivity index is 2.04. The number of hydrogen-bond acceptors (Lipinski definition) is 3. The van der Waals surface area contributed by atoms with Crippen LogP contribution in [0.15, 0.2) is 30.3 Å². The molecule has 4 nitrogen and oxygen atoms in total. The number of fused-ring (bicyclic) bond motifs is 1. The second-order valence-electron chi connectivity index (χ2n) is 5.44. The largest absolute Gasteiger partial charge is 0.393 e. The first kappa shape index (κ1) is 15.7. The van der Waals surface area contributed by atoms with Crippen molar-refractivity contribution in [3.05, 3.63) is 41.0 Å². The predicted octanol–water partition coefficient (Wildman–Crippen LogP) is 3.03. The third-order valence-corrected chi connectivity index (χ3v) is 3.48. The van der Waals surface area contributed by atoms with Crippen LogP contribution in [0.4, 0.5) is 0 Å². The number of rotatable bonds is 5.